The van der Waals surface area contributed by atoms with E-state index in [0.717, 1.165) is 18.4 Å². The number of allylic oxidation sites excluding steroid dienone is 3. The molecule has 2 N–H and O–H groups in total. The summed E-state index contributed by atoms with van der Waals surface area (Å²) in [4.78, 5) is 26.4. The molecule has 1 unspecified atom stereocenters. The van der Waals surface area contributed by atoms with Crippen LogP contribution in [0.25, 0.3) is 0 Å². The second-order valence-electron chi connectivity index (χ2n) is 8.42. The number of rotatable bonds is 1. The normalized spacial score (nSPS) is 45.1. The van der Waals surface area contributed by atoms with Crippen LogP contribution in [0.3, 0.4) is 0 Å². The highest BCUT2D eigenvalue weighted by Gasteiger charge is 2.75. The Labute approximate surface area is 143 Å². The van der Waals surface area contributed by atoms with Crippen molar-refractivity contribution in [2.45, 2.75) is 59.5 Å². The van der Waals surface area contributed by atoms with E-state index in [1.807, 2.05) is 20.8 Å². The number of aliphatic hydroxyl groups is 2. The van der Waals surface area contributed by atoms with E-state index in [1.54, 1.807) is 0 Å². The molecule has 0 aliphatic heterocycles. The molecule has 3 aliphatic rings. The maximum atomic E-state index is 13.4. The van der Waals surface area contributed by atoms with E-state index in [0.29, 0.717) is 6.42 Å². The molecule has 3 rings (SSSR count). The zero-order valence-electron chi connectivity index (χ0n) is 15.2. The molecule has 4 nitrogen and oxygen atoms in total. The van der Waals surface area contributed by atoms with Crippen LogP contribution in [-0.4, -0.2) is 27.4 Å². The molecule has 0 amide bonds. The van der Waals surface area contributed by atoms with Crippen LogP contribution in [0.1, 0.15) is 53.9 Å². The van der Waals surface area contributed by atoms with Gasteiger partial charge in [-0.3, -0.25) is 9.59 Å². The van der Waals surface area contributed by atoms with E-state index in [9.17, 15) is 19.8 Å². The molecule has 2 fully saturated rings. The first-order valence-electron chi connectivity index (χ1n) is 8.96. The number of hydrogen-bond donors (Lipinski definition) is 2. The van der Waals surface area contributed by atoms with Gasteiger partial charge in [0.15, 0.2) is 11.5 Å². The van der Waals surface area contributed by atoms with Gasteiger partial charge < -0.3 is 10.2 Å². The second kappa shape index (κ2) is 5.29. The number of carbonyl (C=O) groups excluding carboxylic acids is 2. The Morgan fingerprint density at radius 2 is 1.79 bits per heavy atom. The minimum atomic E-state index is -1.81. The minimum Gasteiger partial charge on any atom is -0.504 e. The molecular formula is C20H28O4. The van der Waals surface area contributed by atoms with Crippen LogP contribution in [0.15, 0.2) is 23.0 Å². The van der Waals surface area contributed by atoms with E-state index in [4.69, 9.17) is 0 Å². The summed E-state index contributed by atoms with van der Waals surface area (Å²) in [6, 6.07) is 0. The van der Waals surface area contributed by atoms with Crippen LogP contribution in [0.4, 0.5) is 0 Å². The topological polar surface area (TPSA) is 74.6 Å². The lowest BCUT2D eigenvalue weighted by Gasteiger charge is -2.57. The van der Waals surface area contributed by atoms with E-state index in [-0.39, 0.29) is 35.0 Å². The Hall–Kier alpha value is -1.42. The van der Waals surface area contributed by atoms with Crippen molar-refractivity contribution in [2.75, 3.05) is 0 Å². The third-order valence-electron chi connectivity index (χ3n) is 6.90. The van der Waals surface area contributed by atoms with Gasteiger partial charge in [0.05, 0.1) is 5.41 Å². The van der Waals surface area contributed by atoms with Crippen LogP contribution in [0.5, 0.6) is 0 Å². The van der Waals surface area contributed by atoms with Crippen molar-refractivity contribution in [3.8, 4) is 0 Å². The van der Waals surface area contributed by atoms with E-state index >= 15 is 0 Å². The molecule has 0 radical (unpaired) electrons. The first-order valence-corrected chi connectivity index (χ1v) is 8.96. The number of hydrogen-bond acceptors (Lipinski definition) is 4. The largest absolute Gasteiger partial charge is 0.504 e. The summed E-state index contributed by atoms with van der Waals surface area (Å²) >= 11 is 0. The van der Waals surface area contributed by atoms with Gasteiger partial charge in [0, 0.05) is 5.57 Å². The molecular weight excluding hydrogens is 304 g/mol. The number of Topliss-reactive ketones (excluding diaryl/α,β-unsaturated/α-hetero) is 2. The van der Waals surface area contributed by atoms with Crippen molar-refractivity contribution in [2.24, 2.45) is 29.1 Å². The molecule has 132 valence electrons. The molecule has 0 aromatic heterocycles. The molecule has 0 aromatic rings. The number of ketones is 2. The van der Waals surface area contributed by atoms with E-state index < -0.39 is 22.6 Å². The monoisotopic (exact) mass is 332 g/mol. The summed E-state index contributed by atoms with van der Waals surface area (Å²) in [5, 5.41) is 21.9. The minimum absolute atomic E-state index is 0.0289. The van der Waals surface area contributed by atoms with Gasteiger partial charge in [-0.25, -0.2) is 0 Å². The second-order valence-corrected chi connectivity index (χ2v) is 8.42. The summed E-state index contributed by atoms with van der Waals surface area (Å²) in [5.41, 5.74) is -1.74. The lowest BCUT2D eigenvalue weighted by atomic mass is 9.46. The molecule has 4 heteroatoms. The fourth-order valence-electron chi connectivity index (χ4n) is 5.89. The first-order chi connectivity index (χ1) is 11.1. The van der Waals surface area contributed by atoms with Crippen molar-refractivity contribution < 1.29 is 19.8 Å². The molecule has 0 heterocycles. The van der Waals surface area contributed by atoms with Crippen molar-refractivity contribution in [1.29, 1.82) is 0 Å². The highest BCUT2D eigenvalue weighted by Crippen LogP contribution is 2.67. The number of aliphatic hydroxyl groups excluding tert-OH is 1. The van der Waals surface area contributed by atoms with Gasteiger partial charge in [-0.2, -0.15) is 0 Å². The van der Waals surface area contributed by atoms with Crippen LogP contribution in [-0.2, 0) is 9.59 Å². The SMILES string of the molecule is CC(C)=CC1C[C@H](C)[C@H]2CC[C@H](C)[C@@]3(O)C(=O)C(O)=C(C)C(=O)[C@]123. The maximum absolute atomic E-state index is 13.4. The van der Waals surface area contributed by atoms with Gasteiger partial charge in [-0.15, -0.1) is 0 Å². The smallest absolute Gasteiger partial charge is 0.230 e. The average Bonchev–Trinajstić information content (AvgIpc) is 2.79. The van der Waals surface area contributed by atoms with Crippen molar-refractivity contribution >= 4 is 11.6 Å². The van der Waals surface area contributed by atoms with Gasteiger partial charge in [-0.05, 0) is 63.7 Å². The summed E-state index contributed by atoms with van der Waals surface area (Å²) in [6.45, 7) is 9.43. The summed E-state index contributed by atoms with van der Waals surface area (Å²) < 4.78 is 0. The highest BCUT2D eigenvalue weighted by molar-refractivity contribution is 6.18. The average molecular weight is 332 g/mol. The van der Waals surface area contributed by atoms with E-state index in [2.05, 4.69) is 13.0 Å². The zero-order chi connectivity index (χ0) is 18.0. The molecule has 0 aromatic carbocycles. The molecule has 0 saturated heterocycles. The molecule has 24 heavy (non-hydrogen) atoms. The van der Waals surface area contributed by atoms with Crippen molar-refractivity contribution in [1.82, 2.24) is 0 Å². The van der Waals surface area contributed by atoms with Crippen LogP contribution in [0.2, 0.25) is 0 Å². The summed E-state index contributed by atoms with van der Waals surface area (Å²) in [5.74, 6) is -1.72. The Kier molecular flexibility index (Phi) is 3.83. The molecule has 2 saturated carbocycles. The molecule has 6 atom stereocenters. The van der Waals surface area contributed by atoms with Gasteiger partial charge >= 0.3 is 0 Å². The standard InChI is InChI=1S/C20H28O4/c1-10(2)8-14-9-11(3)15-7-6-12(4)20(24)18(23)16(21)13(5)17(22)19(14,15)20/h8,11-12,14-15,21,24H,6-7,9H2,1-5H3/t11-,12-,14?,15+,19-,20+/m0/s1. The summed E-state index contributed by atoms with van der Waals surface area (Å²) in [6.07, 6.45) is 4.38. The maximum Gasteiger partial charge on any atom is 0.230 e. The third kappa shape index (κ3) is 1.78. The van der Waals surface area contributed by atoms with Crippen LogP contribution in [0, 0.1) is 29.1 Å². The van der Waals surface area contributed by atoms with Gasteiger partial charge in [0.2, 0.25) is 5.78 Å². The predicted octanol–water partition coefficient (Wildman–Crippen LogP) is 3.36. The Morgan fingerprint density at radius 1 is 1.17 bits per heavy atom. The van der Waals surface area contributed by atoms with Gasteiger partial charge in [0.25, 0.3) is 0 Å². The van der Waals surface area contributed by atoms with Crippen molar-refractivity contribution in [3.63, 3.8) is 0 Å². The van der Waals surface area contributed by atoms with Gasteiger partial charge in [-0.1, -0.05) is 25.5 Å². The van der Waals surface area contributed by atoms with E-state index in [1.165, 1.54) is 6.92 Å². The summed E-state index contributed by atoms with van der Waals surface area (Å²) in [7, 11) is 0. The first kappa shape index (κ1) is 17.4. The molecule has 1 spiro atoms. The Balaban J connectivity index is 2.36. The highest BCUT2D eigenvalue weighted by atomic mass is 16.3. The zero-order valence-corrected chi connectivity index (χ0v) is 15.2. The predicted molar refractivity (Wildman–Crippen MR) is 91.3 cm³/mol. The fourth-order valence-corrected chi connectivity index (χ4v) is 5.89. The Morgan fingerprint density at radius 3 is 2.38 bits per heavy atom. The van der Waals surface area contributed by atoms with Crippen LogP contribution >= 0.6 is 0 Å². The van der Waals surface area contributed by atoms with Crippen molar-refractivity contribution in [3.05, 3.63) is 23.0 Å². The quantitative estimate of drug-likeness (QED) is 0.722. The lowest BCUT2D eigenvalue weighted by Crippen LogP contribution is -2.70. The molecule has 0 bridgehead atoms. The fraction of sp³-hybridized carbons (Fsp3) is 0.700. The molecule has 3 aliphatic carbocycles. The number of carbonyl (C=O) groups is 2. The van der Waals surface area contributed by atoms with Gasteiger partial charge in [0.1, 0.15) is 5.60 Å². The van der Waals surface area contributed by atoms with Crippen LogP contribution < -0.4 is 0 Å². The Bertz CT molecular complexity index is 669. The lowest BCUT2D eigenvalue weighted by molar-refractivity contribution is -0.196. The third-order valence-corrected chi connectivity index (χ3v) is 6.90.